The van der Waals surface area contributed by atoms with Crippen molar-refractivity contribution in [2.75, 3.05) is 6.61 Å². The van der Waals surface area contributed by atoms with Crippen LogP contribution in [0.2, 0.25) is 0 Å². The van der Waals surface area contributed by atoms with Gasteiger partial charge in [-0.05, 0) is 30.7 Å². The van der Waals surface area contributed by atoms with Crippen molar-refractivity contribution in [3.63, 3.8) is 0 Å². The third kappa shape index (κ3) is 4.73. The Labute approximate surface area is 108 Å². The Morgan fingerprint density at radius 3 is 2.21 bits per heavy atom. The first-order valence-corrected chi connectivity index (χ1v) is 5.70. The van der Waals surface area contributed by atoms with Crippen LogP contribution in [0.25, 0.3) is 0 Å². The van der Waals surface area contributed by atoms with Gasteiger partial charge in [0.1, 0.15) is 5.75 Å². The summed E-state index contributed by atoms with van der Waals surface area (Å²) in [5.74, 6) is -2.37. The van der Waals surface area contributed by atoms with Crippen LogP contribution in [0.3, 0.4) is 0 Å². The van der Waals surface area contributed by atoms with E-state index in [-0.39, 0.29) is 5.56 Å². The lowest BCUT2D eigenvalue weighted by Gasteiger charge is -2.06. The van der Waals surface area contributed by atoms with Crippen LogP contribution in [-0.4, -0.2) is 24.3 Å². The van der Waals surface area contributed by atoms with Crippen LogP contribution in [0.5, 0.6) is 5.75 Å². The van der Waals surface area contributed by atoms with E-state index in [9.17, 15) is 22.8 Å². The Hall–Kier alpha value is -1.85. The smallest absolute Gasteiger partial charge is 0.450 e. The van der Waals surface area contributed by atoms with E-state index in [0.29, 0.717) is 12.4 Å². The number of hydrogen-bond acceptors (Lipinski definition) is 3. The standard InChI is InChI=1S/C13H13F3O3/c1-2-7-19-10-5-3-9(4-6-10)11(17)8-12(18)13(14,15)16/h3-6H,2,7-8H2,1H3. The van der Waals surface area contributed by atoms with Gasteiger partial charge in [0, 0.05) is 5.56 Å². The van der Waals surface area contributed by atoms with Gasteiger partial charge in [0.05, 0.1) is 13.0 Å². The molecular formula is C13H13F3O3. The number of benzene rings is 1. The first-order valence-electron chi connectivity index (χ1n) is 5.70. The highest BCUT2D eigenvalue weighted by Crippen LogP contribution is 2.20. The van der Waals surface area contributed by atoms with Gasteiger partial charge < -0.3 is 4.74 Å². The molecule has 0 saturated heterocycles. The first-order chi connectivity index (χ1) is 8.84. The van der Waals surface area contributed by atoms with E-state index in [2.05, 4.69) is 0 Å². The van der Waals surface area contributed by atoms with E-state index in [0.717, 1.165) is 6.42 Å². The van der Waals surface area contributed by atoms with Crippen LogP contribution in [-0.2, 0) is 4.79 Å². The molecule has 0 aliphatic heterocycles. The topological polar surface area (TPSA) is 43.4 Å². The van der Waals surface area contributed by atoms with E-state index < -0.39 is 24.2 Å². The lowest BCUT2D eigenvalue weighted by atomic mass is 10.1. The summed E-state index contributed by atoms with van der Waals surface area (Å²) in [6.07, 6.45) is -5.32. The molecule has 0 amide bonds. The third-order valence-corrected chi connectivity index (χ3v) is 2.29. The molecule has 0 saturated carbocycles. The maximum Gasteiger partial charge on any atom is 0.450 e. The Bertz CT molecular complexity index is 449. The molecule has 0 radical (unpaired) electrons. The van der Waals surface area contributed by atoms with Crippen molar-refractivity contribution in [1.82, 2.24) is 0 Å². The Morgan fingerprint density at radius 1 is 1.16 bits per heavy atom. The number of carbonyl (C=O) groups excluding carboxylic acids is 2. The molecule has 3 nitrogen and oxygen atoms in total. The SMILES string of the molecule is CCCOc1ccc(C(=O)CC(=O)C(F)(F)F)cc1. The molecule has 104 valence electrons. The Kier molecular flexibility index (Phi) is 5.09. The van der Waals surface area contributed by atoms with Crippen LogP contribution in [0.15, 0.2) is 24.3 Å². The number of hydrogen-bond donors (Lipinski definition) is 0. The molecule has 0 aromatic heterocycles. The highest BCUT2D eigenvalue weighted by molar-refractivity contribution is 6.09. The predicted octanol–water partition coefficient (Wildman–Crippen LogP) is 3.18. The van der Waals surface area contributed by atoms with Gasteiger partial charge in [-0.2, -0.15) is 13.2 Å². The van der Waals surface area contributed by atoms with Gasteiger partial charge in [0.2, 0.25) is 5.78 Å². The molecule has 6 heteroatoms. The van der Waals surface area contributed by atoms with Gasteiger partial charge in [-0.25, -0.2) is 0 Å². The summed E-state index contributed by atoms with van der Waals surface area (Å²) in [7, 11) is 0. The second kappa shape index (κ2) is 6.36. The number of ether oxygens (including phenoxy) is 1. The lowest BCUT2D eigenvalue weighted by molar-refractivity contribution is -0.170. The molecule has 0 unspecified atom stereocenters. The average molecular weight is 274 g/mol. The highest BCUT2D eigenvalue weighted by atomic mass is 19.4. The fourth-order valence-corrected chi connectivity index (χ4v) is 1.31. The van der Waals surface area contributed by atoms with Crippen molar-refractivity contribution < 1.29 is 27.5 Å². The molecule has 0 spiro atoms. The minimum absolute atomic E-state index is 0.0569. The number of Topliss-reactive ketones (excluding diaryl/α,β-unsaturated/α-hetero) is 2. The van der Waals surface area contributed by atoms with Crippen LogP contribution in [0.4, 0.5) is 13.2 Å². The number of alkyl halides is 3. The zero-order chi connectivity index (χ0) is 14.5. The molecule has 1 aromatic rings. The zero-order valence-corrected chi connectivity index (χ0v) is 10.3. The highest BCUT2D eigenvalue weighted by Gasteiger charge is 2.39. The molecule has 0 bridgehead atoms. The first kappa shape index (κ1) is 15.2. The molecule has 0 aliphatic rings. The zero-order valence-electron chi connectivity index (χ0n) is 10.3. The van der Waals surface area contributed by atoms with Gasteiger partial charge in [-0.1, -0.05) is 6.92 Å². The van der Waals surface area contributed by atoms with Gasteiger partial charge in [0.25, 0.3) is 0 Å². The fourth-order valence-electron chi connectivity index (χ4n) is 1.31. The van der Waals surface area contributed by atoms with Crippen molar-refractivity contribution in [2.45, 2.75) is 25.9 Å². The van der Waals surface area contributed by atoms with Crippen molar-refractivity contribution in [3.8, 4) is 5.75 Å². The van der Waals surface area contributed by atoms with Crippen molar-refractivity contribution in [3.05, 3.63) is 29.8 Å². The quantitative estimate of drug-likeness (QED) is 0.591. The van der Waals surface area contributed by atoms with E-state index in [1.807, 2.05) is 6.92 Å². The molecule has 1 aromatic carbocycles. The predicted molar refractivity (Wildman–Crippen MR) is 62.2 cm³/mol. The maximum absolute atomic E-state index is 12.0. The Morgan fingerprint density at radius 2 is 1.74 bits per heavy atom. The van der Waals surface area contributed by atoms with Crippen molar-refractivity contribution in [2.24, 2.45) is 0 Å². The van der Waals surface area contributed by atoms with E-state index in [1.165, 1.54) is 24.3 Å². The van der Waals surface area contributed by atoms with Crippen LogP contribution < -0.4 is 4.74 Å². The normalized spacial score (nSPS) is 11.2. The summed E-state index contributed by atoms with van der Waals surface area (Å²) in [6, 6.07) is 5.66. The van der Waals surface area contributed by atoms with Gasteiger partial charge in [0.15, 0.2) is 5.78 Å². The van der Waals surface area contributed by atoms with Gasteiger partial charge >= 0.3 is 6.18 Å². The number of ketones is 2. The summed E-state index contributed by atoms with van der Waals surface area (Å²) in [6.45, 7) is 2.44. The molecule has 0 N–H and O–H groups in total. The summed E-state index contributed by atoms with van der Waals surface area (Å²) < 4.78 is 41.3. The fraction of sp³-hybridized carbons (Fsp3) is 0.385. The van der Waals surface area contributed by atoms with Crippen LogP contribution >= 0.6 is 0 Å². The maximum atomic E-state index is 12.0. The third-order valence-electron chi connectivity index (χ3n) is 2.29. The molecule has 0 fully saturated rings. The minimum Gasteiger partial charge on any atom is -0.494 e. The summed E-state index contributed by atoms with van der Waals surface area (Å²) >= 11 is 0. The molecule has 0 heterocycles. The van der Waals surface area contributed by atoms with E-state index in [1.54, 1.807) is 0 Å². The molecular weight excluding hydrogens is 261 g/mol. The van der Waals surface area contributed by atoms with E-state index in [4.69, 9.17) is 4.74 Å². The largest absolute Gasteiger partial charge is 0.494 e. The molecule has 0 aliphatic carbocycles. The summed E-state index contributed by atoms with van der Waals surface area (Å²) in [5, 5.41) is 0. The Balaban J connectivity index is 2.65. The molecule has 0 atom stereocenters. The molecule has 19 heavy (non-hydrogen) atoms. The average Bonchev–Trinajstić information content (AvgIpc) is 2.35. The summed E-state index contributed by atoms with van der Waals surface area (Å²) in [5.41, 5.74) is 0.0569. The summed E-state index contributed by atoms with van der Waals surface area (Å²) in [4.78, 5) is 22.2. The minimum atomic E-state index is -4.97. The van der Waals surface area contributed by atoms with Crippen LogP contribution in [0, 0.1) is 0 Å². The van der Waals surface area contributed by atoms with Crippen LogP contribution in [0.1, 0.15) is 30.1 Å². The molecule has 1 rings (SSSR count). The second-order valence-corrected chi connectivity index (χ2v) is 3.89. The number of rotatable bonds is 6. The lowest BCUT2D eigenvalue weighted by Crippen LogP contribution is -2.25. The van der Waals surface area contributed by atoms with Crippen molar-refractivity contribution in [1.29, 1.82) is 0 Å². The van der Waals surface area contributed by atoms with Gasteiger partial charge in [-0.15, -0.1) is 0 Å². The number of halogens is 3. The van der Waals surface area contributed by atoms with Gasteiger partial charge in [-0.3, -0.25) is 9.59 Å². The second-order valence-electron chi connectivity index (χ2n) is 3.89. The van der Waals surface area contributed by atoms with Crippen molar-refractivity contribution >= 4 is 11.6 Å². The van der Waals surface area contributed by atoms with E-state index >= 15 is 0 Å². The monoisotopic (exact) mass is 274 g/mol. The number of carbonyl (C=O) groups is 2.